The summed E-state index contributed by atoms with van der Waals surface area (Å²) in [5, 5.41) is 15.1. The fraction of sp³-hybridized carbons (Fsp3) is 0.111. The molecule has 0 aliphatic heterocycles. The molecule has 0 saturated carbocycles. The molecule has 0 radical (unpaired) electrons. The number of hydrogen-bond donors (Lipinski definition) is 3. The minimum absolute atomic E-state index is 0.228. The molecule has 1 amide bonds. The minimum Gasteiger partial charge on any atom is -0.495 e. The number of methoxy groups -OCH3 is 1. The predicted octanol–water partition coefficient (Wildman–Crippen LogP) is 3.36. The lowest BCUT2D eigenvalue weighted by Crippen LogP contribution is -2.14. The van der Waals surface area contributed by atoms with E-state index in [2.05, 4.69) is 10.6 Å². The van der Waals surface area contributed by atoms with Crippen LogP contribution in [-0.4, -0.2) is 26.0 Å². The second-order valence-corrected chi connectivity index (χ2v) is 7.40. The van der Waals surface area contributed by atoms with Crippen molar-refractivity contribution >= 4 is 39.0 Å². The van der Waals surface area contributed by atoms with E-state index in [1.165, 1.54) is 25.4 Å². The van der Waals surface area contributed by atoms with E-state index in [1.807, 2.05) is 0 Å². The van der Waals surface area contributed by atoms with Crippen molar-refractivity contribution in [2.45, 2.75) is 11.8 Å². The van der Waals surface area contributed by atoms with E-state index in [-0.39, 0.29) is 16.2 Å². The quantitative estimate of drug-likeness (QED) is 0.370. The van der Waals surface area contributed by atoms with Gasteiger partial charge < -0.3 is 15.4 Å². The molecule has 0 aliphatic rings. The minimum atomic E-state index is -4.33. The van der Waals surface area contributed by atoms with Crippen LogP contribution in [0.5, 0.6) is 5.75 Å². The van der Waals surface area contributed by atoms with Crippen LogP contribution in [0, 0.1) is 18.3 Å². The lowest BCUT2D eigenvalue weighted by molar-refractivity contribution is -0.112. The third kappa shape index (κ3) is 5.23. The molecule has 28 heavy (non-hydrogen) atoms. The van der Waals surface area contributed by atoms with Gasteiger partial charge in [0, 0.05) is 23.0 Å². The molecule has 0 fully saturated rings. The number of benzene rings is 2. The zero-order valence-electron chi connectivity index (χ0n) is 14.9. The molecule has 2 aromatic carbocycles. The molecule has 0 unspecified atom stereocenters. The summed E-state index contributed by atoms with van der Waals surface area (Å²) in [6, 6.07) is 9.91. The first kappa shape index (κ1) is 21.2. The van der Waals surface area contributed by atoms with Crippen molar-refractivity contribution in [2.24, 2.45) is 0 Å². The van der Waals surface area contributed by atoms with Crippen molar-refractivity contribution in [1.29, 1.82) is 5.26 Å². The van der Waals surface area contributed by atoms with E-state index in [9.17, 15) is 18.5 Å². The van der Waals surface area contributed by atoms with Gasteiger partial charge in [-0.3, -0.25) is 9.35 Å². The highest BCUT2D eigenvalue weighted by molar-refractivity contribution is 7.85. The fourth-order valence-corrected chi connectivity index (χ4v) is 2.79. The number of nitrogens with zero attached hydrogens (tertiary/aromatic N) is 1. The first-order valence-corrected chi connectivity index (χ1v) is 9.57. The van der Waals surface area contributed by atoms with Gasteiger partial charge in [-0.25, -0.2) is 0 Å². The van der Waals surface area contributed by atoms with Gasteiger partial charge in [-0.1, -0.05) is 11.6 Å². The number of nitriles is 1. The molecule has 146 valence electrons. The van der Waals surface area contributed by atoms with Crippen molar-refractivity contribution in [3.8, 4) is 11.8 Å². The molecule has 0 spiro atoms. The second-order valence-electron chi connectivity index (χ2n) is 5.57. The molecule has 0 aromatic heterocycles. The Balaban J connectivity index is 2.18. The van der Waals surface area contributed by atoms with Crippen LogP contribution in [0.25, 0.3) is 0 Å². The number of carbonyl (C=O) groups is 1. The largest absolute Gasteiger partial charge is 0.495 e. The van der Waals surface area contributed by atoms with Crippen molar-refractivity contribution in [1.82, 2.24) is 0 Å². The average molecular weight is 422 g/mol. The van der Waals surface area contributed by atoms with Gasteiger partial charge in [0.1, 0.15) is 17.4 Å². The molecule has 0 saturated heterocycles. The molecule has 0 bridgehead atoms. The highest BCUT2D eigenvalue weighted by atomic mass is 35.5. The van der Waals surface area contributed by atoms with Crippen LogP contribution in [0.3, 0.4) is 0 Å². The van der Waals surface area contributed by atoms with E-state index in [1.54, 1.807) is 25.1 Å². The number of ether oxygens (including phenoxy) is 1. The summed E-state index contributed by atoms with van der Waals surface area (Å²) in [5.74, 6) is -0.274. The third-order valence-electron chi connectivity index (χ3n) is 3.63. The number of hydrogen-bond acceptors (Lipinski definition) is 6. The fourth-order valence-electron chi connectivity index (χ4n) is 2.15. The van der Waals surface area contributed by atoms with E-state index in [0.717, 1.165) is 17.7 Å². The average Bonchev–Trinajstić information content (AvgIpc) is 2.64. The summed E-state index contributed by atoms with van der Waals surface area (Å²) >= 11 is 6.04. The Morgan fingerprint density at radius 1 is 1.29 bits per heavy atom. The number of rotatable bonds is 6. The molecule has 10 heteroatoms. The van der Waals surface area contributed by atoms with E-state index in [0.29, 0.717) is 16.5 Å². The lowest BCUT2D eigenvalue weighted by atomic mass is 10.2. The van der Waals surface area contributed by atoms with Gasteiger partial charge >= 0.3 is 0 Å². The van der Waals surface area contributed by atoms with Crippen LogP contribution in [0.4, 0.5) is 11.4 Å². The number of halogens is 1. The monoisotopic (exact) mass is 421 g/mol. The standard InChI is InChI=1S/C18H16ClN3O5S/c1-11-7-16(17(27-2)8-15(11)19)21-10-12(9-20)18(23)22-13-3-5-14(6-4-13)28(24,25)26/h3-8,10,21H,1-2H3,(H,22,23)(H,24,25,26)/b12-10-. The van der Waals surface area contributed by atoms with Gasteiger partial charge in [0.25, 0.3) is 16.0 Å². The normalized spacial score (nSPS) is 11.5. The van der Waals surface area contributed by atoms with Gasteiger partial charge in [-0.15, -0.1) is 0 Å². The van der Waals surface area contributed by atoms with Gasteiger partial charge in [0.2, 0.25) is 0 Å². The van der Waals surface area contributed by atoms with Crippen molar-refractivity contribution in [2.75, 3.05) is 17.7 Å². The summed E-state index contributed by atoms with van der Waals surface area (Å²) in [6.07, 6.45) is 1.22. The highest BCUT2D eigenvalue weighted by Crippen LogP contribution is 2.31. The summed E-state index contributed by atoms with van der Waals surface area (Å²) < 4.78 is 36.2. The van der Waals surface area contributed by atoms with Crippen LogP contribution >= 0.6 is 11.6 Å². The maximum absolute atomic E-state index is 12.3. The first-order chi connectivity index (χ1) is 13.2. The Kier molecular flexibility index (Phi) is 6.64. The molecule has 0 heterocycles. The number of nitrogens with one attached hydrogen (secondary N) is 2. The molecular formula is C18H16ClN3O5S. The molecule has 0 aliphatic carbocycles. The Hall–Kier alpha value is -3.06. The summed E-state index contributed by atoms with van der Waals surface area (Å²) in [7, 11) is -2.87. The van der Waals surface area contributed by atoms with Crippen LogP contribution in [0.1, 0.15) is 5.56 Å². The Morgan fingerprint density at radius 3 is 2.46 bits per heavy atom. The molecular weight excluding hydrogens is 406 g/mol. The van der Waals surface area contributed by atoms with Crippen molar-refractivity contribution in [3.05, 3.63) is 58.8 Å². The lowest BCUT2D eigenvalue weighted by Gasteiger charge is -2.11. The predicted molar refractivity (Wildman–Crippen MR) is 105 cm³/mol. The van der Waals surface area contributed by atoms with E-state index in [4.69, 9.17) is 20.9 Å². The Bertz CT molecular complexity index is 1070. The number of carbonyl (C=O) groups excluding carboxylic acids is 1. The zero-order chi connectivity index (χ0) is 20.9. The Morgan fingerprint density at radius 2 is 1.93 bits per heavy atom. The topological polar surface area (TPSA) is 129 Å². The van der Waals surface area contributed by atoms with Crippen molar-refractivity contribution in [3.63, 3.8) is 0 Å². The van der Waals surface area contributed by atoms with Gasteiger partial charge in [0.05, 0.1) is 17.7 Å². The van der Waals surface area contributed by atoms with Crippen LogP contribution < -0.4 is 15.4 Å². The van der Waals surface area contributed by atoms with Crippen LogP contribution in [-0.2, 0) is 14.9 Å². The molecule has 3 N–H and O–H groups in total. The van der Waals surface area contributed by atoms with E-state index >= 15 is 0 Å². The van der Waals surface area contributed by atoms with Gasteiger partial charge in [-0.05, 0) is 42.8 Å². The maximum Gasteiger partial charge on any atom is 0.294 e. The maximum atomic E-state index is 12.3. The summed E-state index contributed by atoms with van der Waals surface area (Å²) in [6.45, 7) is 1.80. The number of anilines is 2. The van der Waals surface area contributed by atoms with Crippen LogP contribution in [0.2, 0.25) is 5.02 Å². The number of aryl methyl sites for hydroxylation is 1. The van der Waals surface area contributed by atoms with Crippen LogP contribution in [0.15, 0.2) is 53.1 Å². The molecule has 8 nitrogen and oxygen atoms in total. The SMILES string of the molecule is COc1cc(Cl)c(C)cc1N/C=C(/C#N)C(=O)Nc1ccc(S(=O)(=O)O)cc1. The smallest absolute Gasteiger partial charge is 0.294 e. The number of amides is 1. The zero-order valence-corrected chi connectivity index (χ0v) is 16.4. The Labute approximate surface area is 167 Å². The van der Waals surface area contributed by atoms with Crippen molar-refractivity contribution < 1.29 is 22.5 Å². The highest BCUT2D eigenvalue weighted by Gasteiger charge is 2.13. The molecule has 2 aromatic rings. The first-order valence-electron chi connectivity index (χ1n) is 7.75. The summed E-state index contributed by atoms with van der Waals surface area (Å²) in [5.41, 5.74) is 1.31. The summed E-state index contributed by atoms with van der Waals surface area (Å²) in [4.78, 5) is 11.9. The van der Waals surface area contributed by atoms with Gasteiger partial charge in [0.15, 0.2) is 0 Å². The third-order valence-corrected chi connectivity index (χ3v) is 4.90. The molecule has 2 rings (SSSR count). The molecule has 0 atom stereocenters. The second kappa shape index (κ2) is 8.75. The van der Waals surface area contributed by atoms with Gasteiger partial charge in [-0.2, -0.15) is 13.7 Å². The van der Waals surface area contributed by atoms with E-state index < -0.39 is 16.0 Å².